The highest BCUT2D eigenvalue weighted by atomic mass is 32.1. The number of hydrogen-bond acceptors (Lipinski definition) is 4. The summed E-state index contributed by atoms with van der Waals surface area (Å²) in [6.45, 7) is 3.79. The molecule has 0 radical (unpaired) electrons. The SMILES string of the molecule is Cc1nnc2n1-c1sc3c(c1C(c1c(F)cccc1F)=N[C@H]2C)CCCC3. The lowest BCUT2D eigenvalue weighted by Gasteiger charge is -2.15. The molecule has 0 amide bonds. The molecule has 0 fully saturated rings. The van der Waals surface area contributed by atoms with Crippen LogP contribution in [-0.2, 0) is 12.8 Å². The zero-order valence-electron chi connectivity index (χ0n) is 15.1. The van der Waals surface area contributed by atoms with E-state index in [2.05, 4.69) is 10.2 Å². The lowest BCUT2D eigenvalue weighted by atomic mass is 9.91. The first-order valence-electron chi connectivity index (χ1n) is 9.15. The molecule has 5 rings (SSSR count). The van der Waals surface area contributed by atoms with Crippen LogP contribution in [0.5, 0.6) is 0 Å². The van der Waals surface area contributed by atoms with Crippen LogP contribution in [-0.4, -0.2) is 20.5 Å². The summed E-state index contributed by atoms with van der Waals surface area (Å²) in [5.41, 5.74) is 2.38. The maximum absolute atomic E-state index is 14.7. The Labute approximate surface area is 159 Å². The van der Waals surface area contributed by atoms with Gasteiger partial charge in [0.05, 0.1) is 11.3 Å². The van der Waals surface area contributed by atoms with Gasteiger partial charge >= 0.3 is 0 Å². The van der Waals surface area contributed by atoms with Crippen molar-refractivity contribution in [2.45, 2.75) is 45.6 Å². The highest BCUT2D eigenvalue weighted by Gasteiger charge is 2.33. The molecule has 1 aromatic carbocycles. The summed E-state index contributed by atoms with van der Waals surface area (Å²) < 4.78 is 31.4. The third-order valence-corrected chi connectivity index (χ3v) is 6.62. The second-order valence-electron chi connectivity index (χ2n) is 7.08. The van der Waals surface area contributed by atoms with Gasteiger partial charge in [0.1, 0.15) is 28.5 Å². The minimum atomic E-state index is -0.586. The van der Waals surface area contributed by atoms with Crippen molar-refractivity contribution in [3.8, 4) is 5.00 Å². The largest absolute Gasteiger partial charge is 0.273 e. The Bertz CT molecular complexity index is 1080. The normalized spacial score (nSPS) is 18.4. The van der Waals surface area contributed by atoms with Gasteiger partial charge in [0, 0.05) is 10.4 Å². The first kappa shape index (κ1) is 16.7. The minimum absolute atomic E-state index is 0.0480. The predicted octanol–water partition coefficient (Wildman–Crippen LogP) is 4.71. The van der Waals surface area contributed by atoms with E-state index in [-0.39, 0.29) is 11.6 Å². The van der Waals surface area contributed by atoms with Gasteiger partial charge < -0.3 is 0 Å². The first-order valence-corrected chi connectivity index (χ1v) is 9.97. The molecular weight excluding hydrogens is 366 g/mol. The molecule has 1 aliphatic heterocycles. The van der Waals surface area contributed by atoms with E-state index >= 15 is 0 Å². The van der Waals surface area contributed by atoms with Gasteiger partial charge in [0.15, 0.2) is 5.82 Å². The molecule has 7 heteroatoms. The molecule has 1 aliphatic carbocycles. The zero-order chi connectivity index (χ0) is 18.7. The van der Waals surface area contributed by atoms with Crippen molar-refractivity contribution in [1.29, 1.82) is 0 Å². The average Bonchev–Trinajstić information content (AvgIpc) is 3.17. The van der Waals surface area contributed by atoms with Crippen LogP contribution >= 0.6 is 11.3 Å². The Kier molecular flexibility index (Phi) is 3.75. The van der Waals surface area contributed by atoms with Crippen molar-refractivity contribution in [2.24, 2.45) is 4.99 Å². The number of hydrogen-bond donors (Lipinski definition) is 0. The molecule has 0 saturated heterocycles. The third-order valence-electron chi connectivity index (χ3n) is 5.34. The molecule has 0 bridgehead atoms. The van der Waals surface area contributed by atoms with Crippen molar-refractivity contribution >= 4 is 17.0 Å². The highest BCUT2D eigenvalue weighted by molar-refractivity contribution is 7.15. The molecule has 4 nitrogen and oxygen atoms in total. The number of fused-ring (bicyclic) bond motifs is 5. The van der Waals surface area contributed by atoms with E-state index in [9.17, 15) is 8.78 Å². The van der Waals surface area contributed by atoms with E-state index in [4.69, 9.17) is 4.99 Å². The van der Waals surface area contributed by atoms with Gasteiger partial charge in [-0.3, -0.25) is 9.56 Å². The topological polar surface area (TPSA) is 43.1 Å². The Balaban J connectivity index is 1.88. The molecule has 0 unspecified atom stereocenters. The molecule has 2 aliphatic rings. The van der Waals surface area contributed by atoms with Crippen LogP contribution in [0.1, 0.15) is 59.0 Å². The van der Waals surface area contributed by atoms with E-state index in [1.54, 1.807) is 11.3 Å². The zero-order valence-corrected chi connectivity index (χ0v) is 15.9. The van der Waals surface area contributed by atoms with E-state index in [1.165, 1.54) is 28.6 Å². The van der Waals surface area contributed by atoms with Gasteiger partial charge in [-0.1, -0.05) is 6.07 Å². The molecule has 0 saturated carbocycles. The van der Waals surface area contributed by atoms with Crippen molar-refractivity contribution in [2.75, 3.05) is 0 Å². The van der Waals surface area contributed by atoms with Gasteiger partial charge in [-0.2, -0.15) is 0 Å². The lowest BCUT2D eigenvalue weighted by Crippen LogP contribution is -2.13. The fraction of sp³-hybridized carbons (Fsp3) is 0.350. The fourth-order valence-corrected chi connectivity index (χ4v) is 5.53. The second-order valence-corrected chi connectivity index (χ2v) is 8.17. The van der Waals surface area contributed by atoms with Gasteiger partial charge in [-0.25, -0.2) is 8.78 Å². The molecular formula is C20H18F2N4S. The number of halogens is 2. The summed E-state index contributed by atoms with van der Waals surface area (Å²) in [6.07, 6.45) is 4.11. The lowest BCUT2D eigenvalue weighted by molar-refractivity contribution is 0.578. The van der Waals surface area contributed by atoms with Crippen LogP contribution in [0.3, 0.4) is 0 Å². The van der Waals surface area contributed by atoms with Crippen LogP contribution in [0.25, 0.3) is 5.00 Å². The van der Waals surface area contributed by atoms with Crippen molar-refractivity contribution in [1.82, 2.24) is 14.8 Å². The van der Waals surface area contributed by atoms with E-state index in [0.29, 0.717) is 11.5 Å². The fourth-order valence-electron chi connectivity index (χ4n) is 4.08. The van der Waals surface area contributed by atoms with Gasteiger partial charge in [0.2, 0.25) is 0 Å². The molecule has 138 valence electrons. The van der Waals surface area contributed by atoms with E-state index in [0.717, 1.165) is 42.1 Å². The first-order chi connectivity index (χ1) is 13.1. The number of aryl methyl sites for hydroxylation is 2. The van der Waals surface area contributed by atoms with E-state index in [1.807, 2.05) is 18.4 Å². The summed E-state index contributed by atoms with van der Waals surface area (Å²) >= 11 is 1.68. The van der Waals surface area contributed by atoms with Crippen LogP contribution in [0.15, 0.2) is 23.2 Å². The Morgan fingerprint density at radius 2 is 1.81 bits per heavy atom. The summed E-state index contributed by atoms with van der Waals surface area (Å²) in [5.74, 6) is 0.301. The molecule has 3 aromatic rings. The van der Waals surface area contributed by atoms with Gasteiger partial charge in [-0.15, -0.1) is 21.5 Å². The standard InChI is InChI=1S/C20H18F2N4S/c1-10-19-25-24-11(2)26(19)20-16(12-6-3-4-9-15(12)27-20)18(23-10)17-13(21)7-5-8-14(17)22/h5,7-8,10H,3-4,6,9H2,1-2H3/t10-/m0/s1. The maximum Gasteiger partial charge on any atom is 0.162 e. The van der Waals surface area contributed by atoms with Crippen LogP contribution in [0.4, 0.5) is 8.78 Å². The Hall–Kier alpha value is -2.41. The molecule has 2 aromatic heterocycles. The monoisotopic (exact) mass is 384 g/mol. The number of aromatic nitrogens is 3. The van der Waals surface area contributed by atoms with Crippen molar-refractivity contribution < 1.29 is 8.78 Å². The number of thiophene rings is 1. The van der Waals surface area contributed by atoms with Crippen molar-refractivity contribution in [3.63, 3.8) is 0 Å². The Morgan fingerprint density at radius 3 is 2.59 bits per heavy atom. The summed E-state index contributed by atoms with van der Waals surface area (Å²) in [7, 11) is 0. The van der Waals surface area contributed by atoms with Crippen LogP contribution < -0.4 is 0 Å². The maximum atomic E-state index is 14.7. The molecule has 27 heavy (non-hydrogen) atoms. The number of rotatable bonds is 1. The summed E-state index contributed by atoms with van der Waals surface area (Å²) in [4.78, 5) is 6.05. The molecule has 0 N–H and O–H groups in total. The van der Waals surface area contributed by atoms with Crippen molar-refractivity contribution in [3.05, 3.63) is 63.0 Å². The summed E-state index contributed by atoms with van der Waals surface area (Å²) in [6, 6.07) is 3.62. The summed E-state index contributed by atoms with van der Waals surface area (Å²) in [5, 5.41) is 9.47. The second kappa shape index (κ2) is 6.05. The van der Waals surface area contributed by atoms with Gasteiger partial charge in [-0.05, 0) is 57.2 Å². The van der Waals surface area contributed by atoms with Gasteiger partial charge in [0.25, 0.3) is 0 Å². The number of aliphatic imine (C=N–C) groups is 1. The quantitative estimate of drug-likeness (QED) is 0.610. The Morgan fingerprint density at radius 1 is 1.07 bits per heavy atom. The van der Waals surface area contributed by atoms with E-state index < -0.39 is 11.6 Å². The number of benzene rings is 1. The minimum Gasteiger partial charge on any atom is -0.273 e. The highest BCUT2D eigenvalue weighted by Crippen LogP contribution is 2.42. The molecule has 0 spiro atoms. The third kappa shape index (κ3) is 2.41. The number of nitrogens with zero attached hydrogens (tertiary/aromatic N) is 4. The molecule has 1 atom stereocenters. The smallest absolute Gasteiger partial charge is 0.162 e. The van der Waals surface area contributed by atoms with Crippen LogP contribution in [0.2, 0.25) is 0 Å². The molecule has 3 heterocycles. The van der Waals surface area contributed by atoms with Crippen LogP contribution in [0, 0.1) is 18.6 Å². The predicted molar refractivity (Wildman–Crippen MR) is 101 cm³/mol. The average molecular weight is 384 g/mol.